The minimum Gasteiger partial charge on any atom is -0.392 e. The van der Waals surface area contributed by atoms with Gasteiger partial charge in [0.15, 0.2) is 6.29 Å². The van der Waals surface area contributed by atoms with E-state index in [4.69, 9.17) is 32.4 Å². The molecule has 1 heterocycles. The summed E-state index contributed by atoms with van der Waals surface area (Å²) in [5.74, 6) is -0.619. The molecular weight excluding hydrogens is 424 g/mol. The van der Waals surface area contributed by atoms with Crippen LogP contribution in [0.2, 0.25) is 0 Å². The fraction of sp³-hybridized carbons (Fsp3) is 0.947. The standard InChI is InChI=1S/C19H40N6O7/c20-2-1-10(26)8-24-12-5-13(27)16(7-22)31-19(12)32-17-11(23)3-9(4-14(17)28)25-18(30)15(29)6-21/h9-17,19,24,26-29H,1-8,20-23H2,(H,25,30)/t9-,10?,11+,12-,13+,14-,15+,16-,17?,19-/m1/s1. The molecule has 1 aliphatic carbocycles. The van der Waals surface area contributed by atoms with Gasteiger partial charge in [-0.15, -0.1) is 0 Å². The summed E-state index contributed by atoms with van der Waals surface area (Å²) in [5.41, 5.74) is 22.7. The first-order chi connectivity index (χ1) is 15.2. The summed E-state index contributed by atoms with van der Waals surface area (Å²) in [5, 5.41) is 46.2. The molecule has 14 N–H and O–H groups in total. The van der Waals surface area contributed by atoms with Gasteiger partial charge in [-0.05, 0) is 32.2 Å². The molecule has 13 nitrogen and oxygen atoms in total. The zero-order valence-corrected chi connectivity index (χ0v) is 18.3. The lowest BCUT2D eigenvalue weighted by Gasteiger charge is -2.44. The highest BCUT2D eigenvalue weighted by molar-refractivity contribution is 5.81. The minimum atomic E-state index is -1.32. The summed E-state index contributed by atoms with van der Waals surface area (Å²) in [4.78, 5) is 11.9. The second-order valence-corrected chi connectivity index (χ2v) is 8.59. The summed E-state index contributed by atoms with van der Waals surface area (Å²) >= 11 is 0. The molecule has 0 spiro atoms. The molecule has 0 aromatic heterocycles. The van der Waals surface area contributed by atoms with Gasteiger partial charge in [0.2, 0.25) is 5.91 Å². The van der Waals surface area contributed by atoms with Crippen LogP contribution >= 0.6 is 0 Å². The van der Waals surface area contributed by atoms with Crippen LogP contribution in [0.3, 0.4) is 0 Å². The van der Waals surface area contributed by atoms with Gasteiger partial charge in [-0.25, -0.2) is 0 Å². The predicted octanol–water partition coefficient (Wildman–Crippen LogP) is -5.24. The highest BCUT2D eigenvalue weighted by Crippen LogP contribution is 2.27. The molecule has 32 heavy (non-hydrogen) atoms. The normalized spacial score (nSPS) is 37.6. The molecule has 10 atom stereocenters. The molecule has 2 rings (SSSR count). The zero-order valence-electron chi connectivity index (χ0n) is 18.3. The number of carbonyl (C=O) groups excluding carboxylic acids is 1. The van der Waals surface area contributed by atoms with Crippen molar-refractivity contribution in [3.8, 4) is 0 Å². The molecule has 0 bridgehead atoms. The van der Waals surface area contributed by atoms with Gasteiger partial charge in [0.05, 0.1) is 30.5 Å². The van der Waals surface area contributed by atoms with Crippen LogP contribution in [0, 0.1) is 0 Å². The largest absolute Gasteiger partial charge is 0.392 e. The van der Waals surface area contributed by atoms with Crippen molar-refractivity contribution < 1.29 is 34.7 Å². The molecule has 1 amide bonds. The molecule has 0 radical (unpaired) electrons. The summed E-state index contributed by atoms with van der Waals surface area (Å²) in [6.07, 6.45) is -4.95. The van der Waals surface area contributed by atoms with Crippen molar-refractivity contribution in [1.29, 1.82) is 0 Å². The Morgan fingerprint density at radius 1 is 1.12 bits per heavy atom. The summed E-state index contributed by atoms with van der Waals surface area (Å²) < 4.78 is 11.9. The third-order valence-electron chi connectivity index (χ3n) is 5.96. The molecule has 188 valence electrons. The Bertz CT molecular complexity index is 564. The Morgan fingerprint density at radius 2 is 1.84 bits per heavy atom. The average molecular weight is 465 g/mol. The van der Waals surface area contributed by atoms with Crippen molar-refractivity contribution in [2.24, 2.45) is 22.9 Å². The number of nitrogens with one attached hydrogen (secondary N) is 2. The lowest BCUT2D eigenvalue weighted by Crippen LogP contribution is -2.62. The molecule has 13 heteroatoms. The van der Waals surface area contributed by atoms with E-state index < -0.39 is 66.9 Å². The van der Waals surface area contributed by atoms with Gasteiger partial charge in [-0.2, -0.15) is 0 Å². The van der Waals surface area contributed by atoms with Gasteiger partial charge in [0, 0.05) is 31.7 Å². The highest BCUT2D eigenvalue weighted by atomic mass is 16.7. The van der Waals surface area contributed by atoms with E-state index in [9.17, 15) is 25.2 Å². The summed E-state index contributed by atoms with van der Waals surface area (Å²) in [6, 6.07) is -1.55. The number of aliphatic hydroxyl groups is 4. The van der Waals surface area contributed by atoms with Crippen LogP contribution in [0.1, 0.15) is 25.7 Å². The number of ether oxygens (including phenoxy) is 2. The van der Waals surface area contributed by atoms with Crippen molar-refractivity contribution in [2.75, 3.05) is 26.2 Å². The number of carbonyl (C=O) groups is 1. The maximum absolute atomic E-state index is 11.9. The molecule has 2 unspecified atom stereocenters. The molecule has 0 aromatic carbocycles. The molecule has 1 saturated heterocycles. The third-order valence-corrected chi connectivity index (χ3v) is 5.96. The van der Waals surface area contributed by atoms with Crippen LogP contribution in [0.5, 0.6) is 0 Å². The molecule has 2 aliphatic rings. The summed E-state index contributed by atoms with van der Waals surface area (Å²) in [6.45, 7) is 0.438. The third kappa shape index (κ3) is 7.53. The topological polar surface area (TPSA) is 245 Å². The number of nitrogens with two attached hydrogens (primary N) is 4. The van der Waals surface area contributed by atoms with Gasteiger partial charge >= 0.3 is 0 Å². The van der Waals surface area contributed by atoms with Crippen LogP contribution in [0.4, 0.5) is 0 Å². The first kappa shape index (κ1) is 27.3. The number of hydrogen-bond donors (Lipinski definition) is 10. The van der Waals surface area contributed by atoms with Crippen molar-refractivity contribution in [1.82, 2.24) is 10.6 Å². The van der Waals surface area contributed by atoms with Crippen LogP contribution in [0.15, 0.2) is 0 Å². The lowest BCUT2D eigenvalue weighted by molar-refractivity contribution is -0.265. The van der Waals surface area contributed by atoms with Gasteiger partial charge in [-0.1, -0.05) is 0 Å². The molecule has 1 saturated carbocycles. The van der Waals surface area contributed by atoms with Crippen LogP contribution < -0.4 is 33.6 Å². The van der Waals surface area contributed by atoms with Crippen molar-refractivity contribution in [2.45, 2.75) is 86.7 Å². The highest BCUT2D eigenvalue weighted by Gasteiger charge is 2.43. The van der Waals surface area contributed by atoms with E-state index in [1.165, 1.54) is 0 Å². The fourth-order valence-corrected chi connectivity index (χ4v) is 4.12. The molecule has 0 aromatic rings. The van der Waals surface area contributed by atoms with Gasteiger partial charge < -0.3 is 63.5 Å². The van der Waals surface area contributed by atoms with E-state index in [0.29, 0.717) is 19.4 Å². The predicted molar refractivity (Wildman–Crippen MR) is 115 cm³/mol. The fourth-order valence-electron chi connectivity index (χ4n) is 4.12. The SMILES string of the molecule is NCCC(O)CN[C@@H]1C[C@H](O)[C@@H](CN)O[C@@H]1OC1[C@H](O)C[C@H](NC(=O)[C@@H](O)CN)C[C@@H]1N. The number of hydrogen-bond acceptors (Lipinski definition) is 12. The number of rotatable bonds is 11. The van der Waals surface area contributed by atoms with E-state index >= 15 is 0 Å². The Kier molecular flexibility index (Phi) is 11.1. The van der Waals surface area contributed by atoms with E-state index in [1.54, 1.807) is 0 Å². The summed E-state index contributed by atoms with van der Waals surface area (Å²) in [7, 11) is 0. The number of amides is 1. The molecule has 2 fully saturated rings. The van der Waals surface area contributed by atoms with Crippen molar-refractivity contribution in [3.63, 3.8) is 0 Å². The Labute approximate surface area is 187 Å². The smallest absolute Gasteiger partial charge is 0.250 e. The maximum atomic E-state index is 11.9. The van der Waals surface area contributed by atoms with Gasteiger partial charge in [0.25, 0.3) is 0 Å². The van der Waals surface area contributed by atoms with E-state index in [2.05, 4.69) is 10.6 Å². The van der Waals surface area contributed by atoms with E-state index in [0.717, 1.165) is 0 Å². The minimum absolute atomic E-state index is 0.0837. The first-order valence-electron chi connectivity index (χ1n) is 11.1. The van der Waals surface area contributed by atoms with Crippen molar-refractivity contribution in [3.05, 3.63) is 0 Å². The maximum Gasteiger partial charge on any atom is 0.250 e. The Hall–Kier alpha value is -0.970. The Morgan fingerprint density at radius 3 is 2.44 bits per heavy atom. The second kappa shape index (κ2) is 13.1. The quantitative estimate of drug-likeness (QED) is 0.138. The lowest BCUT2D eigenvalue weighted by atomic mass is 9.86. The molecular formula is C19H40N6O7. The van der Waals surface area contributed by atoms with E-state index in [1.807, 2.05) is 0 Å². The number of aliphatic hydroxyl groups excluding tert-OH is 4. The van der Waals surface area contributed by atoms with E-state index in [-0.39, 0.29) is 32.5 Å². The van der Waals surface area contributed by atoms with Crippen LogP contribution in [0.25, 0.3) is 0 Å². The molecule has 1 aliphatic heterocycles. The van der Waals surface area contributed by atoms with Crippen LogP contribution in [-0.4, -0.2) is 114 Å². The monoisotopic (exact) mass is 464 g/mol. The van der Waals surface area contributed by atoms with Gasteiger partial charge in [0.1, 0.15) is 12.2 Å². The van der Waals surface area contributed by atoms with Crippen LogP contribution in [-0.2, 0) is 14.3 Å². The first-order valence-corrected chi connectivity index (χ1v) is 11.1. The average Bonchev–Trinajstić information content (AvgIpc) is 2.75. The second-order valence-electron chi connectivity index (χ2n) is 8.59. The van der Waals surface area contributed by atoms with Crippen molar-refractivity contribution >= 4 is 5.91 Å². The zero-order chi connectivity index (χ0) is 23.8. The van der Waals surface area contributed by atoms with Gasteiger partial charge in [-0.3, -0.25) is 4.79 Å². The Balaban J connectivity index is 2.00.